The quantitative estimate of drug-likeness (QED) is 0.455. The van der Waals surface area contributed by atoms with Crippen molar-refractivity contribution in [3.8, 4) is 22.4 Å². The number of pyridine rings is 2. The van der Waals surface area contributed by atoms with Gasteiger partial charge in [0.25, 0.3) is 0 Å². The number of aromatic nitrogens is 2. The Labute approximate surface area is 147 Å². The number of rotatable bonds is 1. The first kappa shape index (κ1) is 14.4. The molecule has 0 saturated heterocycles. The summed E-state index contributed by atoms with van der Waals surface area (Å²) >= 11 is 0. The van der Waals surface area contributed by atoms with Crippen molar-refractivity contribution in [3.63, 3.8) is 0 Å². The zero-order valence-electron chi connectivity index (χ0n) is 14.3. The van der Waals surface area contributed by atoms with Gasteiger partial charge >= 0.3 is 0 Å². The molecule has 0 radical (unpaired) electrons. The van der Waals surface area contributed by atoms with Crippen LogP contribution in [0.4, 0.5) is 0 Å². The highest BCUT2D eigenvalue weighted by atomic mass is 14.8. The van der Waals surface area contributed by atoms with Gasteiger partial charge in [-0.3, -0.25) is 4.98 Å². The molecule has 0 aliphatic heterocycles. The molecule has 2 aromatic carbocycles. The van der Waals surface area contributed by atoms with Crippen molar-refractivity contribution in [2.45, 2.75) is 19.3 Å². The molecule has 0 fully saturated rings. The van der Waals surface area contributed by atoms with Crippen molar-refractivity contribution in [1.29, 1.82) is 0 Å². The van der Waals surface area contributed by atoms with Crippen molar-refractivity contribution < 1.29 is 0 Å². The molecular formula is C23H18N2. The van der Waals surface area contributed by atoms with Gasteiger partial charge in [0.2, 0.25) is 0 Å². The summed E-state index contributed by atoms with van der Waals surface area (Å²) in [5.74, 6) is 0. The summed E-state index contributed by atoms with van der Waals surface area (Å²) in [7, 11) is 0. The number of nitrogens with zero attached hydrogens (tertiary/aromatic N) is 2. The fraction of sp³-hybridized carbons (Fsp3) is 0.130. The van der Waals surface area contributed by atoms with Gasteiger partial charge in [0.1, 0.15) is 0 Å². The van der Waals surface area contributed by atoms with Crippen LogP contribution in [0.25, 0.3) is 33.4 Å². The highest BCUT2D eigenvalue weighted by Crippen LogP contribution is 2.49. The van der Waals surface area contributed by atoms with E-state index in [-0.39, 0.29) is 5.41 Å². The summed E-state index contributed by atoms with van der Waals surface area (Å²) < 4.78 is 0. The molecule has 2 heterocycles. The molecule has 0 bridgehead atoms. The highest BCUT2D eigenvalue weighted by Gasteiger charge is 2.35. The molecule has 0 N–H and O–H groups in total. The molecule has 4 aromatic rings. The van der Waals surface area contributed by atoms with E-state index in [2.05, 4.69) is 67.4 Å². The van der Waals surface area contributed by atoms with Crippen LogP contribution < -0.4 is 0 Å². The van der Waals surface area contributed by atoms with E-state index in [0.29, 0.717) is 0 Å². The lowest BCUT2D eigenvalue weighted by molar-refractivity contribution is 0.660. The summed E-state index contributed by atoms with van der Waals surface area (Å²) in [6, 6.07) is 23.5. The summed E-state index contributed by atoms with van der Waals surface area (Å²) in [4.78, 5) is 9.17. The average Bonchev–Trinajstić information content (AvgIpc) is 2.89. The van der Waals surface area contributed by atoms with E-state index < -0.39 is 0 Å². The minimum atomic E-state index is 0.0142. The van der Waals surface area contributed by atoms with Crippen LogP contribution in [0.3, 0.4) is 0 Å². The van der Waals surface area contributed by atoms with Gasteiger partial charge < -0.3 is 0 Å². The Morgan fingerprint density at radius 2 is 1.56 bits per heavy atom. The average molecular weight is 322 g/mol. The third-order valence-corrected chi connectivity index (χ3v) is 5.34. The van der Waals surface area contributed by atoms with Crippen molar-refractivity contribution in [1.82, 2.24) is 9.97 Å². The van der Waals surface area contributed by atoms with E-state index in [1.807, 2.05) is 18.2 Å². The van der Waals surface area contributed by atoms with Gasteiger partial charge in [-0.2, -0.15) is 0 Å². The second-order valence-electron chi connectivity index (χ2n) is 7.17. The predicted molar refractivity (Wildman–Crippen MR) is 103 cm³/mol. The van der Waals surface area contributed by atoms with E-state index in [4.69, 9.17) is 4.98 Å². The second-order valence-corrected chi connectivity index (χ2v) is 7.17. The molecule has 2 aromatic heterocycles. The van der Waals surface area contributed by atoms with Gasteiger partial charge in [-0.15, -0.1) is 0 Å². The minimum absolute atomic E-state index is 0.0142. The van der Waals surface area contributed by atoms with Crippen LogP contribution in [0.2, 0.25) is 0 Å². The second kappa shape index (κ2) is 5.00. The van der Waals surface area contributed by atoms with Crippen molar-refractivity contribution >= 4 is 11.0 Å². The minimum Gasteiger partial charge on any atom is -0.255 e. The van der Waals surface area contributed by atoms with E-state index in [9.17, 15) is 0 Å². The lowest BCUT2D eigenvalue weighted by Crippen LogP contribution is -2.14. The SMILES string of the molecule is CC1(C)c2ccccc2-c2ccc(-c3ccc4ncccc4n3)cc21. The van der Waals surface area contributed by atoms with Crippen molar-refractivity contribution in [3.05, 3.63) is 84.1 Å². The number of fused-ring (bicyclic) bond motifs is 4. The van der Waals surface area contributed by atoms with Crippen LogP contribution in [0.1, 0.15) is 25.0 Å². The zero-order chi connectivity index (χ0) is 17.0. The van der Waals surface area contributed by atoms with Crippen LogP contribution >= 0.6 is 0 Å². The Morgan fingerprint density at radius 3 is 2.48 bits per heavy atom. The standard InChI is InChI=1S/C23H18N2/c1-23(2)18-7-4-3-6-16(18)17-10-9-15(14-19(17)23)20-11-12-21-22(25-20)8-5-13-24-21/h3-14H,1-2H3. The van der Waals surface area contributed by atoms with Crippen LogP contribution in [0.5, 0.6) is 0 Å². The molecule has 2 nitrogen and oxygen atoms in total. The van der Waals surface area contributed by atoms with Gasteiger partial charge in [-0.1, -0.05) is 50.2 Å². The third kappa shape index (κ3) is 2.04. The van der Waals surface area contributed by atoms with Gasteiger partial charge in [0.15, 0.2) is 0 Å². The fourth-order valence-electron chi connectivity index (χ4n) is 3.98. The molecule has 1 aliphatic carbocycles. The number of hydrogen-bond acceptors (Lipinski definition) is 2. The molecule has 0 spiro atoms. The van der Waals surface area contributed by atoms with Gasteiger partial charge in [-0.05, 0) is 52.6 Å². The van der Waals surface area contributed by atoms with Crippen LogP contribution in [0.15, 0.2) is 72.9 Å². The van der Waals surface area contributed by atoms with Gasteiger partial charge in [0, 0.05) is 17.2 Å². The maximum atomic E-state index is 4.81. The molecular weight excluding hydrogens is 304 g/mol. The van der Waals surface area contributed by atoms with Crippen LogP contribution in [-0.4, -0.2) is 9.97 Å². The van der Waals surface area contributed by atoms with Crippen molar-refractivity contribution in [2.75, 3.05) is 0 Å². The highest BCUT2D eigenvalue weighted by molar-refractivity contribution is 5.84. The first-order valence-electron chi connectivity index (χ1n) is 8.61. The molecule has 5 rings (SSSR count). The molecule has 0 saturated carbocycles. The van der Waals surface area contributed by atoms with E-state index in [1.165, 1.54) is 22.3 Å². The lowest BCUT2D eigenvalue weighted by Gasteiger charge is -2.21. The third-order valence-electron chi connectivity index (χ3n) is 5.34. The lowest BCUT2D eigenvalue weighted by atomic mass is 9.82. The molecule has 0 amide bonds. The van der Waals surface area contributed by atoms with Gasteiger partial charge in [0.05, 0.1) is 16.7 Å². The maximum absolute atomic E-state index is 4.81. The van der Waals surface area contributed by atoms with Crippen LogP contribution in [-0.2, 0) is 5.41 Å². The van der Waals surface area contributed by atoms with E-state index in [0.717, 1.165) is 22.3 Å². The van der Waals surface area contributed by atoms with E-state index >= 15 is 0 Å². The smallest absolute Gasteiger partial charge is 0.0894 e. The van der Waals surface area contributed by atoms with Crippen LogP contribution in [0, 0.1) is 0 Å². The van der Waals surface area contributed by atoms with E-state index in [1.54, 1.807) is 6.20 Å². The molecule has 0 unspecified atom stereocenters. The summed E-state index contributed by atoms with van der Waals surface area (Å²) in [5, 5.41) is 0. The Morgan fingerprint density at radius 1 is 0.720 bits per heavy atom. The molecule has 120 valence electrons. The Balaban J connectivity index is 1.69. The first-order valence-corrected chi connectivity index (χ1v) is 8.61. The summed E-state index contributed by atoms with van der Waals surface area (Å²) in [6.45, 7) is 4.61. The summed E-state index contributed by atoms with van der Waals surface area (Å²) in [6.07, 6.45) is 1.80. The van der Waals surface area contributed by atoms with Crippen molar-refractivity contribution in [2.24, 2.45) is 0 Å². The number of hydrogen-bond donors (Lipinski definition) is 0. The Bertz CT molecular complexity index is 1130. The Hall–Kier alpha value is -3.00. The molecule has 2 heteroatoms. The zero-order valence-corrected chi connectivity index (χ0v) is 14.3. The largest absolute Gasteiger partial charge is 0.255 e. The maximum Gasteiger partial charge on any atom is 0.0894 e. The monoisotopic (exact) mass is 322 g/mol. The number of benzene rings is 2. The molecule has 1 aliphatic rings. The predicted octanol–water partition coefficient (Wildman–Crippen LogP) is 5.60. The first-order chi connectivity index (χ1) is 12.1. The fourth-order valence-corrected chi connectivity index (χ4v) is 3.98. The Kier molecular flexibility index (Phi) is 2.87. The normalized spacial score (nSPS) is 14.3. The molecule has 0 atom stereocenters. The molecule has 25 heavy (non-hydrogen) atoms. The summed E-state index contributed by atoms with van der Waals surface area (Å²) in [5.41, 5.74) is 9.50. The van der Waals surface area contributed by atoms with Gasteiger partial charge in [-0.25, -0.2) is 4.98 Å². The topological polar surface area (TPSA) is 25.8 Å².